The van der Waals surface area contributed by atoms with Crippen LogP contribution in [0.5, 0.6) is 0 Å². The van der Waals surface area contributed by atoms with Crippen LogP contribution < -0.4 is 0 Å². The van der Waals surface area contributed by atoms with Crippen molar-refractivity contribution in [2.24, 2.45) is 0 Å². The molecule has 1 fully saturated rings. The van der Waals surface area contributed by atoms with Crippen LogP contribution in [0.1, 0.15) is 33.6 Å². The lowest BCUT2D eigenvalue weighted by molar-refractivity contribution is -0.0801. The number of hydrogen-bond donors (Lipinski definition) is 1. The van der Waals surface area contributed by atoms with E-state index in [0.29, 0.717) is 6.61 Å². The van der Waals surface area contributed by atoms with Gasteiger partial charge in [0.05, 0.1) is 26.0 Å². The van der Waals surface area contributed by atoms with Crippen molar-refractivity contribution in [1.29, 1.82) is 0 Å². The second-order valence-electron chi connectivity index (χ2n) is 5.99. The topological polar surface area (TPSA) is 59.0 Å². The van der Waals surface area contributed by atoms with E-state index in [1.54, 1.807) is 6.26 Å². The van der Waals surface area contributed by atoms with Crippen LogP contribution in [0.3, 0.4) is 0 Å². The molecule has 18 heavy (non-hydrogen) atoms. The third-order valence-corrected chi connectivity index (χ3v) is 3.09. The van der Waals surface area contributed by atoms with Gasteiger partial charge in [0.25, 0.3) is 0 Å². The highest BCUT2D eigenvalue weighted by molar-refractivity contribution is 5.70. The predicted octanol–water partition coefficient (Wildman–Crippen LogP) is 1.66. The van der Waals surface area contributed by atoms with Crippen molar-refractivity contribution in [2.45, 2.75) is 44.8 Å². The van der Waals surface area contributed by atoms with Crippen LogP contribution >= 0.6 is 0 Å². The molecule has 0 radical (unpaired) electrons. The van der Waals surface area contributed by atoms with Crippen LogP contribution in [0.2, 0.25) is 0 Å². The number of nitrogens with zero attached hydrogens (tertiary/aromatic N) is 1. The van der Waals surface area contributed by atoms with Gasteiger partial charge in [-0.3, -0.25) is 0 Å². The standard InChI is InChI=1S/C13H21NO4/c1-12(2,3)18-11(15)14-8-13(16,9-14)10-5-4-6-17-7-10/h7,16H,4-6,8-9H2,1-3H3. The van der Waals surface area contributed by atoms with Crippen molar-refractivity contribution in [3.63, 3.8) is 0 Å². The maximum Gasteiger partial charge on any atom is 0.410 e. The van der Waals surface area contributed by atoms with Gasteiger partial charge in [0, 0.05) is 0 Å². The second kappa shape index (κ2) is 4.46. The molecule has 0 aromatic rings. The van der Waals surface area contributed by atoms with Crippen molar-refractivity contribution in [1.82, 2.24) is 4.90 Å². The Bertz CT molecular complexity index is 364. The summed E-state index contributed by atoms with van der Waals surface area (Å²) in [5.74, 6) is 0. The van der Waals surface area contributed by atoms with E-state index in [0.717, 1.165) is 18.4 Å². The van der Waals surface area contributed by atoms with Crippen LogP contribution in [0.25, 0.3) is 0 Å². The molecule has 5 heteroatoms. The van der Waals surface area contributed by atoms with Crippen molar-refractivity contribution in [3.05, 3.63) is 11.8 Å². The number of rotatable bonds is 1. The summed E-state index contributed by atoms with van der Waals surface area (Å²) in [6.07, 6.45) is 3.01. The van der Waals surface area contributed by atoms with E-state index in [1.807, 2.05) is 20.8 Å². The van der Waals surface area contributed by atoms with Crippen LogP contribution in [0.4, 0.5) is 4.79 Å². The summed E-state index contributed by atoms with van der Waals surface area (Å²) in [7, 11) is 0. The monoisotopic (exact) mass is 255 g/mol. The van der Waals surface area contributed by atoms with Crippen molar-refractivity contribution in [3.8, 4) is 0 Å². The quantitative estimate of drug-likeness (QED) is 0.774. The van der Waals surface area contributed by atoms with Crippen LogP contribution in [0, 0.1) is 0 Å². The summed E-state index contributed by atoms with van der Waals surface area (Å²) < 4.78 is 10.5. The van der Waals surface area contributed by atoms with Gasteiger partial charge in [0.15, 0.2) is 0 Å². The third-order valence-electron chi connectivity index (χ3n) is 3.09. The van der Waals surface area contributed by atoms with E-state index in [9.17, 15) is 9.90 Å². The van der Waals surface area contributed by atoms with Gasteiger partial charge in [-0.15, -0.1) is 0 Å². The molecule has 0 bridgehead atoms. The Balaban J connectivity index is 1.89. The molecule has 2 aliphatic heterocycles. The van der Waals surface area contributed by atoms with Gasteiger partial charge in [-0.1, -0.05) is 0 Å². The second-order valence-corrected chi connectivity index (χ2v) is 5.99. The van der Waals surface area contributed by atoms with E-state index in [4.69, 9.17) is 9.47 Å². The summed E-state index contributed by atoms with van der Waals surface area (Å²) in [5.41, 5.74) is -0.538. The highest BCUT2D eigenvalue weighted by Gasteiger charge is 2.48. The number of likely N-dealkylation sites (tertiary alicyclic amines) is 1. The van der Waals surface area contributed by atoms with E-state index in [-0.39, 0.29) is 19.2 Å². The Kier molecular flexibility index (Phi) is 3.27. The molecule has 0 spiro atoms. The minimum absolute atomic E-state index is 0.289. The molecule has 0 saturated carbocycles. The zero-order chi connectivity index (χ0) is 13.4. The molecule has 0 unspecified atom stereocenters. The molecule has 1 amide bonds. The molecule has 1 saturated heterocycles. The highest BCUT2D eigenvalue weighted by atomic mass is 16.6. The molecule has 102 valence electrons. The van der Waals surface area contributed by atoms with Crippen LogP contribution in [-0.4, -0.2) is 47.0 Å². The van der Waals surface area contributed by atoms with Crippen molar-refractivity contribution >= 4 is 6.09 Å². The van der Waals surface area contributed by atoms with E-state index in [1.165, 1.54) is 4.90 Å². The van der Waals surface area contributed by atoms with Crippen LogP contribution in [0.15, 0.2) is 11.8 Å². The molecular weight excluding hydrogens is 234 g/mol. The first-order chi connectivity index (χ1) is 8.30. The number of carbonyl (C=O) groups excluding carboxylic acids is 1. The van der Waals surface area contributed by atoms with Gasteiger partial charge >= 0.3 is 6.09 Å². The molecule has 0 aromatic carbocycles. The fraction of sp³-hybridized carbons (Fsp3) is 0.769. The minimum Gasteiger partial charge on any atom is -0.501 e. The zero-order valence-corrected chi connectivity index (χ0v) is 11.2. The van der Waals surface area contributed by atoms with Gasteiger partial charge in [0.1, 0.15) is 11.2 Å². The smallest absolute Gasteiger partial charge is 0.410 e. The van der Waals surface area contributed by atoms with E-state index in [2.05, 4.69) is 0 Å². The largest absolute Gasteiger partial charge is 0.501 e. The predicted molar refractivity (Wildman–Crippen MR) is 66.0 cm³/mol. The summed E-state index contributed by atoms with van der Waals surface area (Å²) in [6.45, 7) is 6.76. The summed E-state index contributed by atoms with van der Waals surface area (Å²) in [6, 6.07) is 0. The normalized spacial score (nSPS) is 22.7. The fourth-order valence-electron chi connectivity index (χ4n) is 2.15. The Morgan fingerprint density at radius 3 is 2.67 bits per heavy atom. The number of aliphatic hydroxyl groups is 1. The lowest BCUT2D eigenvalue weighted by Gasteiger charge is -2.47. The van der Waals surface area contributed by atoms with Gasteiger partial charge < -0.3 is 19.5 Å². The molecule has 2 aliphatic rings. The lowest BCUT2D eigenvalue weighted by Crippen LogP contribution is -2.65. The molecule has 0 aliphatic carbocycles. The molecule has 5 nitrogen and oxygen atoms in total. The molecule has 2 heterocycles. The molecule has 1 N–H and O–H groups in total. The maximum absolute atomic E-state index is 11.8. The van der Waals surface area contributed by atoms with Gasteiger partial charge in [-0.25, -0.2) is 4.79 Å². The zero-order valence-electron chi connectivity index (χ0n) is 11.2. The summed E-state index contributed by atoms with van der Waals surface area (Å²) >= 11 is 0. The highest BCUT2D eigenvalue weighted by Crippen LogP contribution is 2.33. The van der Waals surface area contributed by atoms with Crippen LogP contribution in [-0.2, 0) is 9.47 Å². The first-order valence-electron chi connectivity index (χ1n) is 6.32. The molecule has 2 rings (SSSR count). The summed E-state index contributed by atoms with van der Waals surface area (Å²) in [4.78, 5) is 13.3. The Hall–Kier alpha value is -1.23. The molecular formula is C13H21NO4. The maximum atomic E-state index is 11.8. The molecule has 0 aromatic heterocycles. The number of carbonyl (C=O) groups is 1. The number of amides is 1. The third kappa shape index (κ3) is 2.77. The number of hydrogen-bond acceptors (Lipinski definition) is 4. The lowest BCUT2D eigenvalue weighted by atomic mass is 9.84. The van der Waals surface area contributed by atoms with Crippen molar-refractivity contribution in [2.75, 3.05) is 19.7 Å². The van der Waals surface area contributed by atoms with Gasteiger partial charge in [-0.2, -0.15) is 0 Å². The Labute approximate surface area is 107 Å². The first-order valence-corrected chi connectivity index (χ1v) is 6.32. The van der Waals surface area contributed by atoms with Crippen molar-refractivity contribution < 1.29 is 19.4 Å². The van der Waals surface area contributed by atoms with E-state index < -0.39 is 11.2 Å². The number of ether oxygens (including phenoxy) is 2. The SMILES string of the molecule is CC(C)(C)OC(=O)N1CC(O)(C2=COCCC2)C1. The average molecular weight is 255 g/mol. The minimum atomic E-state index is -0.919. The first kappa shape index (κ1) is 13.2. The fourth-order valence-corrected chi connectivity index (χ4v) is 2.15. The van der Waals surface area contributed by atoms with E-state index >= 15 is 0 Å². The Morgan fingerprint density at radius 1 is 1.50 bits per heavy atom. The van der Waals surface area contributed by atoms with Gasteiger partial charge in [0.2, 0.25) is 0 Å². The van der Waals surface area contributed by atoms with Gasteiger partial charge in [-0.05, 0) is 39.2 Å². The molecule has 0 atom stereocenters. The summed E-state index contributed by atoms with van der Waals surface area (Å²) in [5, 5.41) is 10.4. The number of β-amino-alcohol motifs (C(OH)–C–C–N with tert-alkyl or cyclic N) is 1. The Morgan fingerprint density at radius 2 is 2.17 bits per heavy atom. The average Bonchev–Trinajstić information content (AvgIpc) is 2.23.